The Morgan fingerprint density at radius 2 is 1.78 bits per heavy atom. The number of anilines is 1. The Bertz CT molecular complexity index is 1740. The number of nitrogens with zero attached hydrogens (tertiary/aromatic N) is 2. The molecule has 3 aromatic rings. The molecule has 2 aliphatic rings. The number of likely N-dealkylation sites (tertiary alicyclic amines) is 1. The zero-order valence-corrected chi connectivity index (χ0v) is 24.1. The van der Waals surface area contributed by atoms with Crippen molar-refractivity contribution in [3.63, 3.8) is 0 Å². The van der Waals surface area contributed by atoms with Gasteiger partial charge in [-0.15, -0.1) is 0 Å². The van der Waals surface area contributed by atoms with Crippen LogP contribution in [-0.2, 0) is 14.8 Å². The van der Waals surface area contributed by atoms with Crippen LogP contribution in [0.3, 0.4) is 0 Å². The molecular formula is C30H31N3O7S. The maximum absolute atomic E-state index is 13.1. The third-order valence-electron chi connectivity index (χ3n) is 6.55. The first kappa shape index (κ1) is 28.2. The molecule has 2 heterocycles. The summed E-state index contributed by atoms with van der Waals surface area (Å²) >= 11 is 0. The van der Waals surface area contributed by atoms with Gasteiger partial charge in [-0.05, 0) is 69.5 Å². The third-order valence-corrected chi connectivity index (χ3v) is 7.16. The van der Waals surface area contributed by atoms with Gasteiger partial charge in [-0.1, -0.05) is 24.0 Å². The first-order chi connectivity index (χ1) is 19.3. The lowest BCUT2D eigenvalue weighted by molar-refractivity contribution is 0.0232. The SMILES string of the molecule is CC(C)(C)OC(=O)N(C(=O)N1CC(C#Cc2ccc3c(=O)c(-c4ccc(NS(C)(=O)=O)cc4)coc3c2)C1)C1CC1. The van der Waals surface area contributed by atoms with Crippen LogP contribution < -0.4 is 10.2 Å². The molecule has 0 spiro atoms. The van der Waals surface area contributed by atoms with Crippen LogP contribution in [0.25, 0.3) is 22.1 Å². The lowest BCUT2D eigenvalue weighted by Gasteiger charge is -2.39. The molecule has 0 radical (unpaired) electrons. The van der Waals surface area contributed by atoms with Gasteiger partial charge in [0.1, 0.15) is 17.4 Å². The van der Waals surface area contributed by atoms with Crippen molar-refractivity contribution >= 4 is 38.8 Å². The number of ether oxygens (including phenoxy) is 1. The van der Waals surface area contributed by atoms with Crippen molar-refractivity contribution in [1.29, 1.82) is 0 Å². The van der Waals surface area contributed by atoms with Gasteiger partial charge in [-0.25, -0.2) is 22.9 Å². The fourth-order valence-corrected chi connectivity index (χ4v) is 4.99. The van der Waals surface area contributed by atoms with Crippen LogP contribution in [0.4, 0.5) is 15.3 Å². The number of urea groups is 1. The van der Waals surface area contributed by atoms with E-state index in [1.54, 1.807) is 68.1 Å². The van der Waals surface area contributed by atoms with Gasteiger partial charge in [-0.2, -0.15) is 0 Å². The number of rotatable bonds is 4. The van der Waals surface area contributed by atoms with Gasteiger partial charge in [0, 0.05) is 30.4 Å². The van der Waals surface area contributed by atoms with Gasteiger partial charge < -0.3 is 14.1 Å². The quantitative estimate of drug-likeness (QED) is 0.448. The minimum Gasteiger partial charge on any atom is -0.463 e. The number of hydrogen-bond donors (Lipinski definition) is 1. The number of fused-ring (bicyclic) bond motifs is 1. The Morgan fingerprint density at radius 3 is 2.39 bits per heavy atom. The molecule has 0 atom stereocenters. The van der Waals surface area contributed by atoms with Crippen LogP contribution in [0.5, 0.6) is 0 Å². The van der Waals surface area contributed by atoms with Crippen molar-refractivity contribution in [3.8, 4) is 23.0 Å². The van der Waals surface area contributed by atoms with Gasteiger partial charge >= 0.3 is 12.1 Å². The molecule has 3 amide bonds. The van der Waals surface area contributed by atoms with Crippen LogP contribution in [-0.4, -0.2) is 61.3 Å². The molecule has 1 aliphatic heterocycles. The molecule has 1 aliphatic carbocycles. The van der Waals surface area contributed by atoms with Crippen LogP contribution >= 0.6 is 0 Å². The summed E-state index contributed by atoms with van der Waals surface area (Å²) in [6.45, 7) is 6.15. The van der Waals surface area contributed by atoms with Crippen molar-refractivity contribution in [3.05, 3.63) is 64.5 Å². The van der Waals surface area contributed by atoms with E-state index in [0.717, 1.165) is 19.1 Å². The molecule has 11 heteroatoms. The summed E-state index contributed by atoms with van der Waals surface area (Å²) in [5, 5.41) is 0.397. The molecule has 2 aromatic carbocycles. The summed E-state index contributed by atoms with van der Waals surface area (Å²) in [6, 6.07) is 11.1. The van der Waals surface area contributed by atoms with E-state index in [-0.39, 0.29) is 23.4 Å². The Kier molecular flexibility index (Phi) is 7.30. The first-order valence-corrected chi connectivity index (χ1v) is 15.1. The molecule has 1 N–H and O–H groups in total. The lowest BCUT2D eigenvalue weighted by Crippen LogP contribution is -2.57. The van der Waals surface area contributed by atoms with Crippen molar-refractivity contribution in [1.82, 2.24) is 9.80 Å². The van der Waals surface area contributed by atoms with Gasteiger partial charge in [0.15, 0.2) is 5.43 Å². The second kappa shape index (κ2) is 10.6. The van der Waals surface area contributed by atoms with Gasteiger partial charge in [-0.3, -0.25) is 9.52 Å². The molecule has 10 nitrogen and oxygen atoms in total. The maximum Gasteiger partial charge on any atom is 0.418 e. The summed E-state index contributed by atoms with van der Waals surface area (Å²) in [6.07, 6.45) is 3.41. The van der Waals surface area contributed by atoms with Crippen LogP contribution in [0.15, 0.2) is 57.9 Å². The minimum atomic E-state index is -3.40. The van der Waals surface area contributed by atoms with Crippen molar-refractivity contribution in [2.45, 2.75) is 45.3 Å². The number of nitrogens with one attached hydrogen (secondary N) is 1. The maximum atomic E-state index is 13.1. The number of carbonyl (C=O) groups is 2. The molecule has 1 saturated heterocycles. The van der Waals surface area contributed by atoms with Gasteiger partial charge in [0.05, 0.1) is 23.1 Å². The number of imide groups is 1. The molecule has 41 heavy (non-hydrogen) atoms. The highest BCUT2D eigenvalue weighted by Crippen LogP contribution is 2.31. The van der Waals surface area contributed by atoms with Crippen LogP contribution in [0, 0.1) is 17.8 Å². The summed E-state index contributed by atoms with van der Waals surface area (Å²) in [5.74, 6) is 6.22. The fourth-order valence-electron chi connectivity index (χ4n) is 4.43. The zero-order valence-electron chi connectivity index (χ0n) is 23.3. The smallest absolute Gasteiger partial charge is 0.418 e. The van der Waals surface area contributed by atoms with E-state index in [1.165, 1.54) is 11.2 Å². The molecule has 5 rings (SSSR count). The average molecular weight is 578 g/mol. The molecule has 0 bridgehead atoms. The third kappa shape index (κ3) is 6.72. The normalized spacial score (nSPS) is 15.5. The lowest BCUT2D eigenvalue weighted by atomic mass is 10.0. The minimum absolute atomic E-state index is 0.0381. The van der Waals surface area contributed by atoms with Crippen molar-refractivity contribution in [2.75, 3.05) is 24.1 Å². The standard InChI is InChI=1S/C30H31N3O7S/c1-30(2,3)40-29(36)33(23-12-13-23)28(35)32-16-20(17-32)6-5-19-7-14-24-26(15-19)39-18-25(27(24)34)21-8-10-22(11-9-21)31-41(4,37)38/h7-11,14-15,18,20,23,31H,12-13,16-17H2,1-4H3. The molecule has 1 saturated carbocycles. The molecule has 214 valence electrons. The number of benzene rings is 2. The average Bonchev–Trinajstić information content (AvgIpc) is 3.67. The predicted molar refractivity (Wildman–Crippen MR) is 155 cm³/mol. The predicted octanol–water partition coefficient (Wildman–Crippen LogP) is 4.63. The van der Waals surface area contributed by atoms with E-state index in [1.807, 2.05) is 0 Å². The Hall–Kier alpha value is -4.30. The zero-order chi connectivity index (χ0) is 29.5. The van der Waals surface area contributed by atoms with E-state index >= 15 is 0 Å². The van der Waals surface area contributed by atoms with E-state index in [0.29, 0.717) is 46.4 Å². The molecular weight excluding hydrogens is 546 g/mol. The highest BCUT2D eigenvalue weighted by molar-refractivity contribution is 7.92. The second-order valence-corrected chi connectivity index (χ2v) is 13.1. The highest BCUT2D eigenvalue weighted by atomic mass is 32.2. The Labute approximate surface area is 238 Å². The topological polar surface area (TPSA) is 126 Å². The number of sulfonamides is 1. The van der Waals surface area contributed by atoms with Crippen LogP contribution in [0.2, 0.25) is 0 Å². The monoisotopic (exact) mass is 577 g/mol. The first-order valence-electron chi connectivity index (χ1n) is 13.2. The number of hydrogen-bond acceptors (Lipinski definition) is 7. The number of amides is 3. The summed E-state index contributed by atoms with van der Waals surface area (Å²) in [5.41, 5.74) is 1.51. The Balaban J connectivity index is 1.24. The van der Waals surface area contributed by atoms with Crippen molar-refractivity contribution < 1.29 is 27.2 Å². The summed E-state index contributed by atoms with van der Waals surface area (Å²) < 4.78 is 36.4. The number of carbonyl (C=O) groups excluding carboxylic acids is 2. The highest BCUT2D eigenvalue weighted by Gasteiger charge is 2.44. The molecule has 2 fully saturated rings. The van der Waals surface area contributed by atoms with E-state index in [4.69, 9.17) is 9.15 Å². The fraction of sp³-hybridized carbons (Fsp3) is 0.367. The molecule has 0 unspecified atom stereocenters. The van der Waals surface area contributed by atoms with Gasteiger partial charge in [0.25, 0.3) is 0 Å². The van der Waals surface area contributed by atoms with Crippen molar-refractivity contribution in [2.24, 2.45) is 5.92 Å². The molecule has 1 aromatic heterocycles. The summed E-state index contributed by atoms with van der Waals surface area (Å²) in [4.78, 5) is 41.5. The summed E-state index contributed by atoms with van der Waals surface area (Å²) in [7, 11) is -3.40. The van der Waals surface area contributed by atoms with Gasteiger partial charge in [0.2, 0.25) is 10.0 Å². The van der Waals surface area contributed by atoms with E-state index in [2.05, 4.69) is 16.6 Å². The van der Waals surface area contributed by atoms with E-state index < -0.39 is 21.7 Å². The second-order valence-electron chi connectivity index (χ2n) is 11.4. The Morgan fingerprint density at radius 1 is 1.10 bits per heavy atom. The van der Waals surface area contributed by atoms with Crippen LogP contribution in [0.1, 0.15) is 39.2 Å². The largest absolute Gasteiger partial charge is 0.463 e. The van der Waals surface area contributed by atoms with E-state index in [9.17, 15) is 22.8 Å².